The standard InChI is InChI=1S/C27H38N2O3/c1-6-7-8-11-20(23-14-10-15-24-26(23)32-17-31-24)16-28-27(30)29-25-21(18(2)3)12-9-13-22(25)19(4)5/h9-10,12-15,18-20H,6-8,11,16-17H2,1-5H3,(H2,28,29,30)/t20-/m1/s1. The fourth-order valence-electron chi connectivity index (χ4n) is 4.35. The Kier molecular flexibility index (Phi) is 8.43. The molecule has 1 heterocycles. The molecule has 1 aliphatic heterocycles. The van der Waals surface area contributed by atoms with Gasteiger partial charge in [-0.05, 0) is 35.4 Å². The molecule has 2 aromatic carbocycles. The minimum atomic E-state index is -0.162. The maximum atomic E-state index is 13.0. The Morgan fingerprint density at radius 3 is 2.25 bits per heavy atom. The molecule has 0 spiro atoms. The van der Waals surface area contributed by atoms with Crippen LogP contribution in [0.1, 0.15) is 94.7 Å². The van der Waals surface area contributed by atoms with Gasteiger partial charge in [-0.3, -0.25) is 0 Å². The summed E-state index contributed by atoms with van der Waals surface area (Å²) in [5.74, 6) is 2.45. The molecule has 0 fully saturated rings. The second kappa shape index (κ2) is 11.3. The predicted molar refractivity (Wildman–Crippen MR) is 131 cm³/mol. The highest BCUT2D eigenvalue weighted by Crippen LogP contribution is 2.40. The van der Waals surface area contributed by atoms with Crippen molar-refractivity contribution in [2.75, 3.05) is 18.7 Å². The van der Waals surface area contributed by atoms with Crippen LogP contribution in [0.5, 0.6) is 11.5 Å². The van der Waals surface area contributed by atoms with Gasteiger partial charge in [-0.1, -0.05) is 84.2 Å². The average Bonchev–Trinajstić information content (AvgIpc) is 3.25. The number of para-hydroxylation sites is 2. The molecule has 0 saturated heterocycles. The van der Waals surface area contributed by atoms with Gasteiger partial charge in [0, 0.05) is 23.7 Å². The van der Waals surface area contributed by atoms with Gasteiger partial charge < -0.3 is 20.1 Å². The minimum absolute atomic E-state index is 0.162. The Labute approximate surface area is 192 Å². The highest BCUT2D eigenvalue weighted by atomic mass is 16.7. The van der Waals surface area contributed by atoms with Crippen LogP contribution < -0.4 is 20.1 Å². The van der Waals surface area contributed by atoms with Crippen molar-refractivity contribution in [3.05, 3.63) is 53.1 Å². The van der Waals surface area contributed by atoms with E-state index in [0.29, 0.717) is 18.4 Å². The molecule has 0 unspecified atom stereocenters. The smallest absolute Gasteiger partial charge is 0.319 e. The lowest BCUT2D eigenvalue weighted by Gasteiger charge is -2.22. The molecule has 0 bridgehead atoms. The zero-order valence-corrected chi connectivity index (χ0v) is 20.2. The van der Waals surface area contributed by atoms with E-state index >= 15 is 0 Å². The molecule has 3 rings (SSSR count). The third-order valence-corrected chi connectivity index (χ3v) is 6.14. The number of anilines is 1. The summed E-state index contributed by atoms with van der Waals surface area (Å²) in [6, 6.07) is 12.2. The van der Waals surface area contributed by atoms with Crippen LogP contribution in [0.2, 0.25) is 0 Å². The van der Waals surface area contributed by atoms with Crippen molar-refractivity contribution in [1.29, 1.82) is 0 Å². The van der Waals surface area contributed by atoms with E-state index < -0.39 is 0 Å². The Hall–Kier alpha value is -2.69. The van der Waals surface area contributed by atoms with Crippen LogP contribution >= 0.6 is 0 Å². The van der Waals surface area contributed by atoms with Gasteiger partial charge in [0.25, 0.3) is 0 Å². The number of nitrogens with one attached hydrogen (secondary N) is 2. The highest BCUT2D eigenvalue weighted by molar-refractivity contribution is 5.91. The van der Waals surface area contributed by atoms with Gasteiger partial charge in [0.15, 0.2) is 11.5 Å². The van der Waals surface area contributed by atoms with E-state index in [-0.39, 0.29) is 18.7 Å². The van der Waals surface area contributed by atoms with Gasteiger partial charge in [-0.15, -0.1) is 0 Å². The lowest BCUT2D eigenvalue weighted by molar-refractivity contribution is 0.173. The summed E-state index contributed by atoms with van der Waals surface area (Å²) in [5.41, 5.74) is 4.38. The Morgan fingerprint density at radius 1 is 0.938 bits per heavy atom. The average molecular weight is 439 g/mol. The van der Waals surface area contributed by atoms with Crippen LogP contribution in [-0.4, -0.2) is 19.4 Å². The van der Waals surface area contributed by atoms with Crippen molar-refractivity contribution >= 4 is 11.7 Å². The molecule has 32 heavy (non-hydrogen) atoms. The number of urea groups is 1. The van der Waals surface area contributed by atoms with E-state index in [2.05, 4.69) is 69.5 Å². The number of hydrogen-bond donors (Lipinski definition) is 2. The van der Waals surface area contributed by atoms with Crippen LogP contribution in [0, 0.1) is 0 Å². The molecule has 5 nitrogen and oxygen atoms in total. The largest absolute Gasteiger partial charge is 0.454 e. The molecular formula is C27H38N2O3. The Balaban J connectivity index is 1.75. The Bertz CT molecular complexity index is 882. The quantitative estimate of drug-likeness (QED) is 0.387. The van der Waals surface area contributed by atoms with Crippen LogP contribution in [0.15, 0.2) is 36.4 Å². The van der Waals surface area contributed by atoms with Gasteiger partial charge in [0.2, 0.25) is 6.79 Å². The van der Waals surface area contributed by atoms with Crippen molar-refractivity contribution in [1.82, 2.24) is 5.32 Å². The number of unbranched alkanes of at least 4 members (excludes halogenated alkanes) is 2. The van der Waals surface area contributed by atoms with E-state index in [9.17, 15) is 4.79 Å². The zero-order valence-electron chi connectivity index (χ0n) is 20.2. The monoisotopic (exact) mass is 438 g/mol. The second-order valence-electron chi connectivity index (χ2n) is 9.23. The number of benzene rings is 2. The first kappa shape index (κ1) is 24.0. The zero-order chi connectivity index (χ0) is 23.1. The third-order valence-electron chi connectivity index (χ3n) is 6.14. The minimum Gasteiger partial charge on any atom is -0.454 e. The molecule has 2 aromatic rings. The molecule has 0 aliphatic carbocycles. The second-order valence-corrected chi connectivity index (χ2v) is 9.23. The molecule has 5 heteroatoms. The lowest BCUT2D eigenvalue weighted by Crippen LogP contribution is -2.33. The van der Waals surface area contributed by atoms with Crippen LogP contribution in [0.4, 0.5) is 10.5 Å². The van der Waals surface area contributed by atoms with Crippen molar-refractivity contribution in [3.8, 4) is 11.5 Å². The number of carbonyl (C=O) groups excluding carboxylic acids is 1. The summed E-state index contributed by atoms with van der Waals surface area (Å²) in [6.07, 6.45) is 4.45. The van der Waals surface area contributed by atoms with Crippen LogP contribution in [0.25, 0.3) is 0 Å². The fraction of sp³-hybridized carbons (Fsp3) is 0.519. The molecular weight excluding hydrogens is 400 g/mol. The summed E-state index contributed by atoms with van der Waals surface area (Å²) in [4.78, 5) is 13.0. The van der Waals surface area contributed by atoms with E-state index in [1.54, 1.807) is 0 Å². The van der Waals surface area contributed by atoms with Crippen LogP contribution in [0.3, 0.4) is 0 Å². The van der Waals surface area contributed by atoms with Crippen molar-refractivity contribution in [2.45, 2.75) is 78.1 Å². The first-order valence-corrected chi connectivity index (χ1v) is 12.0. The van der Waals surface area contributed by atoms with Crippen molar-refractivity contribution in [2.24, 2.45) is 0 Å². The van der Waals surface area contributed by atoms with E-state index in [0.717, 1.165) is 53.1 Å². The first-order valence-electron chi connectivity index (χ1n) is 12.0. The molecule has 1 atom stereocenters. The molecule has 0 saturated carbocycles. The number of ether oxygens (including phenoxy) is 2. The number of hydrogen-bond acceptors (Lipinski definition) is 3. The van der Waals surface area contributed by atoms with Gasteiger partial charge >= 0.3 is 6.03 Å². The SMILES string of the molecule is CCCCC[C@H](CNC(=O)Nc1c(C(C)C)cccc1C(C)C)c1cccc2c1OCO2. The molecule has 0 aromatic heterocycles. The van der Waals surface area contributed by atoms with Crippen molar-refractivity contribution in [3.63, 3.8) is 0 Å². The van der Waals surface area contributed by atoms with E-state index in [1.165, 1.54) is 6.42 Å². The molecule has 2 N–H and O–H groups in total. The number of amides is 2. The molecule has 0 radical (unpaired) electrons. The van der Waals surface area contributed by atoms with Crippen molar-refractivity contribution < 1.29 is 14.3 Å². The Morgan fingerprint density at radius 2 is 1.59 bits per heavy atom. The molecule has 2 amide bonds. The van der Waals surface area contributed by atoms with Gasteiger partial charge in [0.05, 0.1) is 0 Å². The normalized spacial score (nSPS) is 13.5. The predicted octanol–water partition coefficient (Wildman–Crippen LogP) is 7.15. The lowest BCUT2D eigenvalue weighted by atomic mass is 9.92. The summed E-state index contributed by atoms with van der Waals surface area (Å²) < 4.78 is 11.3. The number of rotatable bonds is 10. The third kappa shape index (κ3) is 5.76. The maximum absolute atomic E-state index is 13.0. The van der Waals surface area contributed by atoms with E-state index in [1.807, 2.05) is 12.1 Å². The first-order chi connectivity index (χ1) is 15.4. The molecule has 174 valence electrons. The van der Waals surface area contributed by atoms with Gasteiger partial charge in [-0.2, -0.15) is 0 Å². The summed E-state index contributed by atoms with van der Waals surface area (Å²) >= 11 is 0. The summed E-state index contributed by atoms with van der Waals surface area (Å²) in [6.45, 7) is 11.6. The summed E-state index contributed by atoms with van der Waals surface area (Å²) in [5, 5.41) is 6.30. The number of fused-ring (bicyclic) bond motifs is 1. The topological polar surface area (TPSA) is 59.6 Å². The fourth-order valence-corrected chi connectivity index (χ4v) is 4.35. The maximum Gasteiger partial charge on any atom is 0.319 e. The summed E-state index contributed by atoms with van der Waals surface area (Å²) in [7, 11) is 0. The number of carbonyl (C=O) groups is 1. The van der Waals surface area contributed by atoms with Gasteiger partial charge in [-0.25, -0.2) is 4.79 Å². The highest BCUT2D eigenvalue weighted by Gasteiger charge is 2.24. The van der Waals surface area contributed by atoms with Gasteiger partial charge in [0.1, 0.15) is 0 Å². The molecule has 1 aliphatic rings. The van der Waals surface area contributed by atoms with Crippen LogP contribution in [-0.2, 0) is 0 Å². The van der Waals surface area contributed by atoms with E-state index in [4.69, 9.17) is 9.47 Å².